The van der Waals surface area contributed by atoms with Gasteiger partial charge in [-0.1, -0.05) is 0 Å². The largest absolute Gasteiger partial charge is 0.357 e. The summed E-state index contributed by atoms with van der Waals surface area (Å²) in [6.07, 6.45) is 5.11. The molecule has 0 bridgehead atoms. The number of rotatable bonds is 7. The molecule has 1 unspecified atom stereocenters. The van der Waals surface area contributed by atoms with Gasteiger partial charge in [0.2, 0.25) is 5.95 Å². The van der Waals surface area contributed by atoms with E-state index in [2.05, 4.69) is 40.4 Å². The van der Waals surface area contributed by atoms with E-state index < -0.39 is 0 Å². The first-order chi connectivity index (χ1) is 8.19. The Labute approximate surface area is 108 Å². The third-order valence-corrected chi connectivity index (χ3v) is 3.38. The lowest BCUT2D eigenvalue weighted by Gasteiger charge is -2.25. The fourth-order valence-electron chi connectivity index (χ4n) is 1.50. The standard InChI is InChI=1S/C12H22N4S/c1-5-13-12-14-8-6-11(15-12)16(3)10(2)7-9-17-4/h6,8,10H,5,7,9H2,1-4H3,(H,13,14,15). The summed E-state index contributed by atoms with van der Waals surface area (Å²) >= 11 is 1.88. The fraction of sp³-hybridized carbons (Fsp3) is 0.667. The Morgan fingerprint density at radius 3 is 2.94 bits per heavy atom. The van der Waals surface area contributed by atoms with E-state index in [0.29, 0.717) is 12.0 Å². The molecule has 0 saturated carbocycles. The summed E-state index contributed by atoms with van der Waals surface area (Å²) in [5.41, 5.74) is 0. The zero-order valence-corrected chi connectivity index (χ0v) is 11.9. The highest BCUT2D eigenvalue weighted by molar-refractivity contribution is 7.98. The lowest BCUT2D eigenvalue weighted by Crippen LogP contribution is -2.30. The summed E-state index contributed by atoms with van der Waals surface area (Å²) in [7, 11) is 2.09. The molecule has 17 heavy (non-hydrogen) atoms. The zero-order valence-electron chi connectivity index (χ0n) is 11.1. The average Bonchev–Trinajstić information content (AvgIpc) is 2.35. The van der Waals surface area contributed by atoms with E-state index in [0.717, 1.165) is 18.8 Å². The van der Waals surface area contributed by atoms with Crippen LogP contribution in [0.2, 0.25) is 0 Å². The van der Waals surface area contributed by atoms with Gasteiger partial charge in [0.25, 0.3) is 0 Å². The van der Waals surface area contributed by atoms with Crippen LogP contribution in [0.1, 0.15) is 20.3 Å². The molecule has 0 amide bonds. The van der Waals surface area contributed by atoms with Gasteiger partial charge < -0.3 is 10.2 Å². The molecule has 0 aliphatic carbocycles. The summed E-state index contributed by atoms with van der Waals surface area (Å²) in [6.45, 7) is 5.11. The highest BCUT2D eigenvalue weighted by Crippen LogP contribution is 2.15. The van der Waals surface area contributed by atoms with Crippen molar-refractivity contribution in [3.63, 3.8) is 0 Å². The Hall–Kier alpha value is -0.970. The van der Waals surface area contributed by atoms with Crippen molar-refractivity contribution in [1.82, 2.24) is 9.97 Å². The van der Waals surface area contributed by atoms with Gasteiger partial charge in [-0.15, -0.1) is 0 Å². The van der Waals surface area contributed by atoms with Gasteiger partial charge in [0, 0.05) is 25.8 Å². The minimum atomic E-state index is 0.492. The lowest BCUT2D eigenvalue weighted by atomic mass is 10.2. The van der Waals surface area contributed by atoms with Crippen LogP contribution in [0.4, 0.5) is 11.8 Å². The number of nitrogens with zero attached hydrogens (tertiary/aromatic N) is 3. The van der Waals surface area contributed by atoms with E-state index >= 15 is 0 Å². The first-order valence-corrected chi connectivity index (χ1v) is 7.37. The smallest absolute Gasteiger partial charge is 0.224 e. The first-order valence-electron chi connectivity index (χ1n) is 5.97. The van der Waals surface area contributed by atoms with Crippen molar-refractivity contribution in [1.29, 1.82) is 0 Å². The number of thioether (sulfide) groups is 1. The van der Waals surface area contributed by atoms with Crippen LogP contribution in [0.5, 0.6) is 0 Å². The minimum absolute atomic E-state index is 0.492. The highest BCUT2D eigenvalue weighted by atomic mass is 32.2. The zero-order chi connectivity index (χ0) is 12.7. The van der Waals surface area contributed by atoms with Crippen molar-refractivity contribution in [2.24, 2.45) is 0 Å². The molecule has 0 aliphatic rings. The topological polar surface area (TPSA) is 41.1 Å². The number of nitrogens with one attached hydrogen (secondary N) is 1. The second-order valence-electron chi connectivity index (χ2n) is 4.01. The van der Waals surface area contributed by atoms with Crippen LogP contribution in [-0.2, 0) is 0 Å². The van der Waals surface area contributed by atoms with Crippen LogP contribution < -0.4 is 10.2 Å². The average molecular weight is 254 g/mol. The number of anilines is 2. The van der Waals surface area contributed by atoms with E-state index in [-0.39, 0.29) is 0 Å². The molecule has 0 saturated heterocycles. The number of hydrogen-bond donors (Lipinski definition) is 1. The predicted molar refractivity (Wildman–Crippen MR) is 77.1 cm³/mol. The molecule has 0 aromatic carbocycles. The normalized spacial score (nSPS) is 12.2. The molecule has 0 radical (unpaired) electrons. The Kier molecular flexibility index (Phi) is 6.11. The van der Waals surface area contributed by atoms with Crippen molar-refractivity contribution in [3.8, 4) is 0 Å². The second-order valence-corrected chi connectivity index (χ2v) is 5.00. The van der Waals surface area contributed by atoms with Gasteiger partial charge in [-0.25, -0.2) is 4.98 Å². The Bertz CT molecular complexity index is 332. The van der Waals surface area contributed by atoms with E-state index in [1.165, 1.54) is 5.75 Å². The molecule has 1 aromatic heterocycles. The third-order valence-electron chi connectivity index (χ3n) is 2.74. The van der Waals surface area contributed by atoms with E-state index in [1.54, 1.807) is 6.20 Å². The summed E-state index contributed by atoms with van der Waals surface area (Å²) in [6, 6.07) is 2.45. The van der Waals surface area contributed by atoms with Crippen LogP contribution in [0.3, 0.4) is 0 Å². The third kappa shape index (κ3) is 4.42. The van der Waals surface area contributed by atoms with Gasteiger partial charge in [-0.05, 0) is 38.3 Å². The van der Waals surface area contributed by atoms with Gasteiger partial charge in [-0.2, -0.15) is 16.7 Å². The second kappa shape index (κ2) is 7.37. The van der Waals surface area contributed by atoms with Crippen molar-refractivity contribution in [2.45, 2.75) is 26.3 Å². The lowest BCUT2D eigenvalue weighted by molar-refractivity contribution is 0.661. The maximum absolute atomic E-state index is 4.49. The molecule has 0 fully saturated rings. The van der Waals surface area contributed by atoms with Crippen LogP contribution >= 0.6 is 11.8 Å². The van der Waals surface area contributed by atoms with Crippen LogP contribution in [0, 0.1) is 0 Å². The van der Waals surface area contributed by atoms with Crippen LogP contribution in [0.15, 0.2) is 12.3 Å². The summed E-state index contributed by atoms with van der Waals surface area (Å²) < 4.78 is 0. The molecule has 5 heteroatoms. The van der Waals surface area contributed by atoms with Crippen molar-refractivity contribution < 1.29 is 0 Å². The van der Waals surface area contributed by atoms with E-state index in [9.17, 15) is 0 Å². The molecule has 0 aliphatic heterocycles. The molecule has 96 valence electrons. The Morgan fingerprint density at radius 2 is 2.29 bits per heavy atom. The molecular formula is C12H22N4S. The van der Waals surface area contributed by atoms with Gasteiger partial charge in [0.1, 0.15) is 5.82 Å². The Morgan fingerprint density at radius 1 is 1.53 bits per heavy atom. The molecule has 1 rings (SSSR count). The molecule has 1 heterocycles. The fourth-order valence-corrected chi connectivity index (χ4v) is 2.07. The molecule has 1 aromatic rings. The minimum Gasteiger partial charge on any atom is -0.357 e. The van der Waals surface area contributed by atoms with E-state index in [4.69, 9.17) is 0 Å². The van der Waals surface area contributed by atoms with E-state index in [1.807, 2.05) is 24.8 Å². The van der Waals surface area contributed by atoms with Crippen LogP contribution in [-0.4, -0.2) is 41.6 Å². The molecule has 0 spiro atoms. The number of aromatic nitrogens is 2. The maximum Gasteiger partial charge on any atom is 0.224 e. The molecule has 1 N–H and O–H groups in total. The predicted octanol–water partition coefficient (Wildman–Crippen LogP) is 2.49. The van der Waals surface area contributed by atoms with Crippen molar-refractivity contribution in [3.05, 3.63) is 12.3 Å². The first kappa shape index (κ1) is 14.1. The quantitative estimate of drug-likeness (QED) is 0.809. The highest BCUT2D eigenvalue weighted by Gasteiger charge is 2.11. The SMILES string of the molecule is CCNc1nccc(N(C)C(C)CCSC)n1. The number of hydrogen-bond acceptors (Lipinski definition) is 5. The van der Waals surface area contributed by atoms with Gasteiger partial charge in [-0.3, -0.25) is 0 Å². The molecule has 1 atom stereocenters. The summed E-state index contributed by atoms with van der Waals surface area (Å²) in [5, 5.41) is 3.13. The molecular weight excluding hydrogens is 232 g/mol. The summed E-state index contributed by atoms with van der Waals surface area (Å²) in [4.78, 5) is 10.9. The van der Waals surface area contributed by atoms with Crippen LogP contribution in [0.25, 0.3) is 0 Å². The maximum atomic E-state index is 4.49. The van der Waals surface area contributed by atoms with Gasteiger partial charge >= 0.3 is 0 Å². The Balaban J connectivity index is 2.66. The van der Waals surface area contributed by atoms with Gasteiger partial charge in [0.15, 0.2) is 0 Å². The monoisotopic (exact) mass is 254 g/mol. The van der Waals surface area contributed by atoms with Crippen molar-refractivity contribution >= 4 is 23.5 Å². The molecule has 4 nitrogen and oxygen atoms in total. The van der Waals surface area contributed by atoms with Crippen molar-refractivity contribution in [2.75, 3.05) is 35.8 Å². The van der Waals surface area contributed by atoms with Gasteiger partial charge in [0.05, 0.1) is 0 Å². The summed E-state index contributed by atoms with van der Waals surface area (Å²) in [5.74, 6) is 2.86.